The third-order valence-corrected chi connectivity index (χ3v) is 1.68. The fraction of sp³-hybridized carbons (Fsp3) is 0.667. The quantitative estimate of drug-likeness (QED) is 0.530. The zero-order valence-electron chi connectivity index (χ0n) is 5.34. The summed E-state index contributed by atoms with van der Waals surface area (Å²) in [4.78, 5) is 12.5. The molecule has 0 spiro atoms. The average molecular weight is 127 g/mol. The van der Waals surface area contributed by atoms with E-state index >= 15 is 0 Å². The van der Waals surface area contributed by atoms with E-state index in [1.54, 1.807) is 0 Å². The molecule has 51 valence electrons. The van der Waals surface area contributed by atoms with Crippen LogP contribution in [0.5, 0.6) is 0 Å². The molecule has 9 heavy (non-hydrogen) atoms. The van der Waals surface area contributed by atoms with E-state index in [1.165, 1.54) is 0 Å². The van der Waals surface area contributed by atoms with Crippen LogP contribution in [0.25, 0.3) is 0 Å². The van der Waals surface area contributed by atoms with Gasteiger partial charge in [-0.2, -0.15) is 0 Å². The van der Waals surface area contributed by atoms with Crippen LogP contribution in [0.1, 0.15) is 0 Å². The first-order valence-electron chi connectivity index (χ1n) is 3.05. The summed E-state index contributed by atoms with van der Waals surface area (Å²) in [5.41, 5.74) is 5.03. The van der Waals surface area contributed by atoms with Crippen LogP contribution in [0.4, 0.5) is 0 Å². The van der Waals surface area contributed by atoms with Crippen LogP contribution >= 0.6 is 0 Å². The van der Waals surface area contributed by atoms with Gasteiger partial charge in [-0.15, -0.1) is 0 Å². The van der Waals surface area contributed by atoms with Gasteiger partial charge < -0.3 is 10.6 Å². The van der Waals surface area contributed by atoms with Gasteiger partial charge >= 0.3 is 0 Å². The number of nitrogens with two attached hydrogens (primary N) is 1. The minimum Gasteiger partial charge on any atom is -0.369 e. The summed E-state index contributed by atoms with van der Waals surface area (Å²) in [6.07, 6.45) is 0. The maximum Gasteiger partial charge on any atom is 0.223 e. The molecule has 1 aliphatic heterocycles. The summed E-state index contributed by atoms with van der Waals surface area (Å²) < 4.78 is 0. The topological polar surface area (TPSA) is 46.3 Å². The van der Waals surface area contributed by atoms with Crippen molar-refractivity contribution in [3.8, 4) is 0 Å². The number of hydrogen-bond acceptors (Lipinski definition) is 2. The molecule has 0 aromatic carbocycles. The van der Waals surface area contributed by atoms with Gasteiger partial charge in [0.25, 0.3) is 0 Å². The Kier molecular flexibility index (Phi) is 1.71. The zero-order valence-corrected chi connectivity index (χ0v) is 5.34. The molecule has 0 saturated carbocycles. The maximum absolute atomic E-state index is 10.4. The summed E-state index contributed by atoms with van der Waals surface area (Å²) in [5, 5.41) is 0. The van der Waals surface area contributed by atoms with Crippen LogP contribution < -0.4 is 5.73 Å². The lowest BCUT2D eigenvalue weighted by atomic mass is 10.0. The summed E-state index contributed by atoms with van der Waals surface area (Å²) in [6.45, 7) is 6.07. The second kappa shape index (κ2) is 2.35. The van der Waals surface area contributed by atoms with Gasteiger partial charge in [0.2, 0.25) is 5.91 Å². The van der Waals surface area contributed by atoms with Crippen molar-refractivity contribution in [1.29, 1.82) is 0 Å². The molecule has 0 aromatic heterocycles. The van der Waals surface area contributed by atoms with Crippen molar-refractivity contribution >= 4 is 5.91 Å². The highest BCUT2D eigenvalue weighted by molar-refractivity contribution is 5.78. The monoisotopic (exact) mass is 127 g/mol. The van der Waals surface area contributed by atoms with Gasteiger partial charge in [0.05, 0.1) is 5.92 Å². The summed E-state index contributed by atoms with van der Waals surface area (Å²) in [5.74, 6) is -0.0912. The molecule has 2 N–H and O–H groups in total. The van der Waals surface area contributed by atoms with E-state index in [4.69, 9.17) is 5.73 Å². The highest BCUT2D eigenvalue weighted by Gasteiger charge is 2.29. The number of likely N-dealkylation sites (tertiary alicyclic amines) is 1. The standard InChI is InChI=1S/C6H11N2O/c1-2-8-3-5(4-8)6(7)9/h5H,1-4H2,(H2,7,9). The number of primary amides is 1. The van der Waals surface area contributed by atoms with Crippen LogP contribution in [0.3, 0.4) is 0 Å². The predicted molar refractivity (Wildman–Crippen MR) is 34.5 cm³/mol. The SMILES string of the molecule is [CH2]CN1CC(C(N)=O)C1. The van der Waals surface area contributed by atoms with E-state index in [9.17, 15) is 4.79 Å². The zero-order chi connectivity index (χ0) is 6.85. The summed E-state index contributed by atoms with van der Waals surface area (Å²) >= 11 is 0. The van der Waals surface area contributed by atoms with E-state index < -0.39 is 0 Å². The molecule has 0 aliphatic carbocycles. The van der Waals surface area contributed by atoms with E-state index in [2.05, 4.69) is 11.8 Å². The van der Waals surface area contributed by atoms with Crippen molar-refractivity contribution in [1.82, 2.24) is 4.90 Å². The highest BCUT2D eigenvalue weighted by atomic mass is 16.1. The number of carbonyl (C=O) groups excluding carboxylic acids is 1. The first-order chi connectivity index (χ1) is 4.24. The van der Waals surface area contributed by atoms with Gasteiger partial charge in [0.1, 0.15) is 0 Å². The third kappa shape index (κ3) is 1.21. The predicted octanol–water partition coefficient (Wildman–Crippen LogP) is -0.762. The van der Waals surface area contributed by atoms with Gasteiger partial charge in [-0.05, 0) is 13.5 Å². The lowest BCUT2D eigenvalue weighted by molar-refractivity contribution is -0.126. The molecule has 1 saturated heterocycles. The molecule has 0 atom stereocenters. The van der Waals surface area contributed by atoms with E-state index in [0.29, 0.717) is 0 Å². The fourth-order valence-corrected chi connectivity index (χ4v) is 0.932. The molecule has 1 amide bonds. The molecule has 0 unspecified atom stereocenters. The Morgan fingerprint density at radius 3 is 2.67 bits per heavy atom. The van der Waals surface area contributed by atoms with Crippen molar-refractivity contribution in [3.05, 3.63) is 6.92 Å². The number of rotatable bonds is 2. The van der Waals surface area contributed by atoms with Crippen molar-refractivity contribution in [2.75, 3.05) is 19.6 Å². The van der Waals surface area contributed by atoms with Crippen LogP contribution in [0.2, 0.25) is 0 Å². The molecule has 3 nitrogen and oxygen atoms in total. The van der Waals surface area contributed by atoms with Crippen molar-refractivity contribution in [2.24, 2.45) is 11.7 Å². The Bertz CT molecular complexity index is 118. The Hall–Kier alpha value is -0.570. The first kappa shape index (κ1) is 6.55. The molecular formula is C6H11N2O. The fourth-order valence-electron chi connectivity index (χ4n) is 0.932. The number of hydrogen-bond donors (Lipinski definition) is 1. The largest absolute Gasteiger partial charge is 0.369 e. The van der Waals surface area contributed by atoms with E-state index in [1.807, 2.05) is 0 Å². The molecule has 3 heteroatoms. The first-order valence-corrected chi connectivity index (χ1v) is 3.05. The molecule has 1 rings (SSSR count). The van der Waals surface area contributed by atoms with Crippen LogP contribution in [-0.4, -0.2) is 30.4 Å². The second-order valence-corrected chi connectivity index (χ2v) is 2.36. The number of amides is 1. The second-order valence-electron chi connectivity index (χ2n) is 2.36. The van der Waals surface area contributed by atoms with Crippen LogP contribution in [0.15, 0.2) is 0 Å². The molecule has 1 radical (unpaired) electrons. The normalized spacial score (nSPS) is 21.4. The van der Waals surface area contributed by atoms with E-state index in [0.717, 1.165) is 19.6 Å². The minimum atomic E-state index is -0.181. The number of nitrogens with zero attached hydrogens (tertiary/aromatic N) is 1. The Balaban J connectivity index is 2.19. The molecular weight excluding hydrogens is 116 g/mol. The Labute approximate surface area is 54.8 Å². The van der Waals surface area contributed by atoms with Crippen LogP contribution in [-0.2, 0) is 4.79 Å². The van der Waals surface area contributed by atoms with Crippen molar-refractivity contribution < 1.29 is 4.79 Å². The Morgan fingerprint density at radius 1 is 1.78 bits per heavy atom. The molecule has 0 aromatic rings. The van der Waals surface area contributed by atoms with Gasteiger partial charge in [0.15, 0.2) is 0 Å². The average Bonchev–Trinajstić information content (AvgIpc) is 1.61. The number of carbonyl (C=O) groups is 1. The van der Waals surface area contributed by atoms with Gasteiger partial charge in [-0.25, -0.2) is 0 Å². The summed E-state index contributed by atoms with van der Waals surface area (Å²) in [7, 11) is 0. The smallest absolute Gasteiger partial charge is 0.223 e. The lowest BCUT2D eigenvalue weighted by Crippen LogP contribution is -2.52. The van der Waals surface area contributed by atoms with Crippen molar-refractivity contribution in [3.63, 3.8) is 0 Å². The van der Waals surface area contributed by atoms with Gasteiger partial charge in [-0.3, -0.25) is 4.79 Å². The van der Waals surface area contributed by atoms with Crippen LogP contribution in [0, 0.1) is 12.8 Å². The minimum absolute atomic E-state index is 0.0896. The highest BCUT2D eigenvalue weighted by Crippen LogP contribution is 2.12. The molecule has 1 fully saturated rings. The van der Waals surface area contributed by atoms with Gasteiger partial charge in [0, 0.05) is 13.1 Å². The molecule has 1 aliphatic rings. The van der Waals surface area contributed by atoms with E-state index in [-0.39, 0.29) is 11.8 Å². The molecule has 1 heterocycles. The third-order valence-electron chi connectivity index (χ3n) is 1.68. The maximum atomic E-state index is 10.4. The Morgan fingerprint density at radius 2 is 2.33 bits per heavy atom. The molecule has 0 bridgehead atoms. The lowest BCUT2D eigenvalue weighted by Gasteiger charge is -2.36. The van der Waals surface area contributed by atoms with Crippen molar-refractivity contribution in [2.45, 2.75) is 0 Å². The summed E-state index contributed by atoms with van der Waals surface area (Å²) in [6, 6.07) is 0. The van der Waals surface area contributed by atoms with Gasteiger partial charge in [-0.1, -0.05) is 0 Å².